The molecule has 1 fully saturated rings. The topological polar surface area (TPSA) is 84.5 Å². The predicted octanol–water partition coefficient (Wildman–Crippen LogP) is 0.637. The van der Waals surface area contributed by atoms with E-state index >= 15 is 0 Å². The molecule has 0 aliphatic carbocycles. The molecule has 20 heavy (non-hydrogen) atoms. The van der Waals surface area contributed by atoms with Gasteiger partial charge in [0, 0.05) is 42.2 Å². The molecule has 1 saturated heterocycles. The van der Waals surface area contributed by atoms with Crippen molar-refractivity contribution in [3.63, 3.8) is 0 Å². The molecule has 0 radical (unpaired) electrons. The number of hydrogen-bond donors (Lipinski definition) is 2. The molecule has 1 heterocycles. The quantitative estimate of drug-likeness (QED) is 0.802. The molecule has 0 aromatic heterocycles. The van der Waals surface area contributed by atoms with Crippen LogP contribution in [-0.4, -0.2) is 45.7 Å². The second-order valence-electron chi connectivity index (χ2n) is 4.76. The molecular weight excluding hydrogens is 278 g/mol. The maximum Gasteiger partial charge on any atom is 0.253 e. The number of anilines is 1. The number of carbonyl (C=O) groups excluding carboxylic acids is 1. The normalized spacial score (nSPS) is 17.4. The first-order chi connectivity index (χ1) is 9.58. The highest BCUT2D eigenvalue weighted by molar-refractivity contribution is 7.80. The van der Waals surface area contributed by atoms with Crippen LogP contribution in [0.2, 0.25) is 0 Å². The molecular formula is C13H18N3O3S-. The Labute approximate surface area is 121 Å². The predicted molar refractivity (Wildman–Crippen MR) is 77.1 cm³/mol. The fourth-order valence-electron chi connectivity index (χ4n) is 2.23. The SMILES string of the molecule is Cc1cc(C(=O)N2CCCNCC2)ccc1NS(=O)[O-]. The van der Waals surface area contributed by atoms with Crippen LogP contribution in [0, 0.1) is 6.92 Å². The van der Waals surface area contributed by atoms with Crippen molar-refractivity contribution >= 4 is 22.9 Å². The van der Waals surface area contributed by atoms with Gasteiger partial charge in [-0.05, 0) is 43.7 Å². The molecule has 0 spiro atoms. The molecule has 1 aromatic carbocycles. The average molecular weight is 296 g/mol. The van der Waals surface area contributed by atoms with Crippen LogP contribution in [0.3, 0.4) is 0 Å². The standard InChI is InChI=1S/C13H19N3O3S/c1-10-9-11(3-4-12(10)15-20(18)19)13(17)16-7-2-5-14-6-8-16/h3-4,9,14-15H,2,5-8H2,1H3,(H,18,19)/p-1. The van der Waals surface area contributed by atoms with E-state index in [1.54, 1.807) is 25.1 Å². The first kappa shape index (κ1) is 15.0. The van der Waals surface area contributed by atoms with Crippen LogP contribution in [0.4, 0.5) is 5.69 Å². The number of rotatable bonds is 3. The van der Waals surface area contributed by atoms with Gasteiger partial charge in [-0.15, -0.1) is 0 Å². The molecule has 2 N–H and O–H groups in total. The van der Waals surface area contributed by atoms with Gasteiger partial charge in [0.05, 0.1) is 0 Å². The van der Waals surface area contributed by atoms with Gasteiger partial charge in [-0.2, -0.15) is 0 Å². The lowest BCUT2D eigenvalue weighted by atomic mass is 10.1. The summed E-state index contributed by atoms with van der Waals surface area (Å²) in [6.45, 7) is 4.95. The number of benzene rings is 1. The van der Waals surface area contributed by atoms with E-state index in [-0.39, 0.29) is 5.91 Å². The van der Waals surface area contributed by atoms with E-state index in [9.17, 15) is 13.6 Å². The molecule has 0 bridgehead atoms. The highest BCUT2D eigenvalue weighted by atomic mass is 32.2. The van der Waals surface area contributed by atoms with Gasteiger partial charge in [0.1, 0.15) is 0 Å². The van der Waals surface area contributed by atoms with Crippen molar-refractivity contribution in [2.45, 2.75) is 13.3 Å². The van der Waals surface area contributed by atoms with E-state index in [0.717, 1.165) is 31.6 Å². The molecule has 110 valence electrons. The van der Waals surface area contributed by atoms with Crippen LogP contribution >= 0.6 is 0 Å². The Bertz CT molecular complexity index is 514. The highest BCUT2D eigenvalue weighted by Crippen LogP contribution is 2.18. The molecule has 7 heteroatoms. The largest absolute Gasteiger partial charge is 0.755 e. The third-order valence-electron chi connectivity index (χ3n) is 3.29. The Kier molecular flexibility index (Phi) is 5.11. The monoisotopic (exact) mass is 296 g/mol. The van der Waals surface area contributed by atoms with Crippen LogP contribution < -0.4 is 10.0 Å². The van der Waals surface area contributed by atoms with E-state index in [0.29, 0.717) is 17.8 Å². The Morgan fingerprint density at radius 3 is 2.90 bits per heavy atom. The fourth-order valence-corrected chi connectivity index (χ4v) is 2.64. The second-order valence-corrected chi connectivity index (χ2v) is 5.44. The van der Waals surface area contributed by atoms with Gasteiger partial charge in [0.2, 0.25) is 0 Å². The van der Waals surface area contributed by atoms with E-state index < -0.39 is 11.3 Å². The third-order valence-corrected chi connectivity index (χ3v) is 3.68. The van der Waals surface area contributed by atoms with Crippen LogP contribution in [0.1, 0.15) is 22.3 Å². The maximum atomic E-state index is 12.4. The zero-order valence-corrected chi connectivity index (χ0v) is 12.2. The number of nitrogens with zero attached hydrogens (tertiary/aromatic N) is 1. The fraction of sp³-hybridized carbons (Fsp3) is 0.462. The molecule has 1 atom stereocenters. The summed E-state index contributed by atoms with van der Waals surface area (Å²) < 4.78 is 23.6. The smallest absolute Gasteiger partial charge is 0.253 e. The van der Waals surface area contributed by atoms with Crippen molar-refractivity contribution < 1.29 is 13.6 Å². The summed E-state index contributed by atoms with van der Waals surface area (Å²) in [6.07, 6.45) is 0.944. The molecule has 1 aliphatic rings. The van der Waals surface area contributed by atoms with Crippen molar-refractivity contribution in [2.24, 2.45) is 0 Å². The molecule has 6 nitrogen and oxygen atoms in total. The van der Waals surface area contributed by atoms with Gasteiger partial charge in [-0.1, -0.05) is 0 Å². The highest BCUT2D eigenvalue weighted by Gasteiger charge is 2.17. The summed E-state index contributed by atoms with van der Waals surface area (Å²) in [5.74, 6) is -0.00778. The maximum absolute atomic E-state index is 12.4. The molecule has 1 amide bonds. The molecule has 1 unspecified atom stereocenters. The first-order valence-electron chi connectivity index (χ1n) is 6.54. The van der Waals surface area contributed by atoms with Crippen molar-refractivity contribution in [3.8, 4) is 0 Å². The Morgan fingerprint density at radius 1 is 1.40 bits per heavy atom. The number of aryl methyl sites for hydroxylation is 1. The van der Waals surface area contributed by atoms with Gasteiger partial charge >= 0.3 is 0 Å². The van der Waals surface area contributed by atoms with Gasteiger partial charge in [0.15, 0.2) is 0 Å². The second kappa shape index (κ2) is 6.83. The van der Waals surface area contributed by atoms with Crippen molar-refractivity contribution in [2.75, 3.05) is 30.9 Å². The minimum atomic E-state index is -2.35. The number of carbonyl (C=O) groups is 1. The van der Waals surface area contributed by atoms with Crippen LogP contribution in [0.5, 0.6) is 0 Å². The number of nitrogens with one attached hydrogen (secondary N) is 2. The van der Waals surface area contributed by atoms with E-state index in [1.807, 2.05) is 4.90 Å². The summed E-state index contributed by atoms with van der Waals surface area (Å²) in [5.41, 5.74) is 1.81. The lowest BCUT2D eigenvalue weighted by molar-refractivity contribution is 0.0766. The summed E-state index contributed by atoms with van der Waals surface area (Å²) in [6, 6.07) is 4.99. The van der Waals surface area contributed by atoms with Crippen LogP contribution in [0.25, 0.3) is 0 Å². The summed E-state index contributed by atoms with van der Waals surface area (Å²) >= 11 is -2.35. The molecule has 1 aromatic rings. The minimum Gasteiger partial charge on any atom is -0.755 e. The Balaban J connectivity index is 2.13. The molecule has 1 aliphatic heterocycles. The van der Waals surface area contributed by atoms with E-state index in [4.69, 9.17) is 0 Å². The van der Waals surface area contributed by atoms with E-state index in [1.165, 1.54) is 0 Å². The lowest BCUT2D eigenvalue weighted by Crippen LogP contribution is -2.34. The first-order valence-corrected chi connectivity index (χ1v) is 7.62. The van der Waals surface area contributed by atoms with Crippen molar-refractivity contribution in [3.05, 3.63) is 29.3 Å². The molecule has 0 saturated carbocycles. The minimum absolute atomic E-state index is 0.00778. The van der Waals surface area contributed by atoms with Gasteiger partial charge < -0.3 is 19.5 Å². The van der Waals surface area contributed by atoms with Gasteiger partial charge in [-0.25, -0.2) is 0 Å². The van der Waals surface area contributed by atoms with Gasteiger partial charge in [-0.3, -0.25) is 9.00 Å². The number of amides is 1. The summed E-state index contributed by atoms with van der Waals surface area (Å²) in [4.78, 5) is 14.2. The molecule has 2 rings (SSSR count). The van der Waals surface area contributed by atoms with Gasteiger partial charge in [0.25, 0.3) is 5.91 Å². The lowest BCUT2D eigenvalue weighted by Gasteiger charge is -2.20. The number of hydrogen-bond acceptors (Lipinski definition) is 4. The Morgan fingerprint density at radius 2 is 2.20 bits per heavy atom. The van der Waals surface area contributed by atoms with Crippen molar-refractivity contribution in [1.82, 2.24) is 10.2 Å². The average Bonchev–Trinajstić information content (AvgIpc) is 2.68. The van der Waals surface area contributed by atoms with E-state index in [2.05, 4.69) is 10.0 Å². The van der Waals surface area contributed by atoms with Crippen LogP contribution in [-0.2, 0) is 11.3 Å². The zero-order valence-electron chi connectivity index (χ0n) is 11.3. The summed E-state index contributed by atoms with van der Waals surface area (Å²) in [5, 5.41) is 3.25. The Hall–Kier alpha value is -1.44. The van der Waals surface area contributed by atoms with Crippen LogP contribution in [0.15, 0.2) is 18.2 Å². The zero-order chi connectivity index (χ0) is 14.5. The third kappa shape index (κ3) is 3.78. The summed E-state index contributed by atoms with van der Waals surface area (Å²) in [7, 11) is 0. The van der Waals surface area contributed by atoms with Crippen molar-refractivity contribution in [1.29, 1.82) is 0 Å².